The topological polar surface area (TPSA) is 56.1 Å². The molecule has 1 saturated carbocycles. The second-order valence-electron chi connectivity index (χ2n) is 6.06. The van der Waals surface area contributed by atoms with Crippen LogP contribution < -0.4 is 10.1 Å². The molecule has 0 radical (unpaired) electrons. The Balaban J connectivity index is 1.94. The summed E-state index contributed by atoms with van der Waals surface area (Å²) in [6.45, 7) is 0. The van der Waals surface area contributed by atoms with Gasteiger partial charge in [0.15, 0.2) is 0 Å². The second kappa shape index (κ2) is 6.86. The zero-order valence-corrected chi connectivity index (χ0v) is 13.7. The monoisotopic (exact) mass is 313 g/mol. The number of hydrogen-bond donors (Lipinski definition) is 1. The van der Waals surface area contributed by atoms with E-state index in [4.69, 9.17) is 4.74 Å². The van der Waals surface area contributed by atoms with Gasteiger partial charge in [0.1, 0.15) is 17.6 Å². The molecule has 1 heterocycles. The van der Waals surface area contributed by atoms with Crippen LogP contribution in [0.5, 0.6) is 5.75 Å². The van der Waals surface area contributed by atoms with E-state index in [9.17, 15) is 4.79 Å². The molecule has 5 heteroatoms. The molecular weight excluding hydrogens is 290 g/mol. The normalized spacial score (nSPS) is 16.3. The first-order chi connectivity index (χ1) is 11.2. The highest BCUT2D eigenvalue weighted by Gasteiger charge is 2.28. The Labute approximate surface area is 136 Å². The first kappa shape index (κ1) is 15.6. The number of hydrogen-bond acceptors (Lipinski definition) is 3. The number of aromatic nitrogens is 2. The van der Waals surface area contributed by atoms with Crippen molar-refractivity contribution in [3.05, 3.63) is 48.0 Å². The highest BCUT2D eigenvalue weighted by atomic mass is 16.5. The number of nitrogens with zero attached hydrogens (tertiary/aromatic N) is 2. The third-order valence-corrected chi connectivity index (χ3v) is 4.58. The zero-order valence-electron chi connectivity index (χ0n) is 13.7. The Morgan fingerprint density at radius 1 is 1.35 bits per heavy atom. The lowest BCUT2D eigenvalue weighted by molar-refractivity contribution is -0.125. The number of benzene rings is 1. The summed E-state index contributed by atoms with van der Waals surface area (Å²) in [7, 11) is 3.58. The van der Waals surface area contributed by atoms with Gasteiger partial charge in [-0.3, -0.25) is 4.79 Å². The number of methoxy groups -OCH3 is 1. The SMILES string of the molecule is COc1ccccc1C(NC(=O)C1CCCC1)c1nccn1C. The van der Waals surface area contributed by atoms with Gasteiger partial charge in [-0.15, -0.1) is 0 Å². The van der Waals surface area contributed by atoms with Gasteiger partial charge in [-0.05, 0) is 18.9 Å². The standard InChI is InChI=1S/C18H23N3O2/c1-21-12-11-19-17(21)16(14-9-5-6-10-15(14)23-2)20-18(22)13-7-3-4-8-13/h5-6,9-13,16H,3-4,7-8H2,1-2H3,(H,20,22). The molecule has 1 aromatic carbocycles. The number of amides is 1. The van der Waals surface area contributed by atoms with Gasteiger partial charge in [0.25, 0.3) is 0 Å². The Bertz CT molecular complexity index is 674. The highest BCUT2D eigenvalue weighted by Crippen LogP contribution is 2.31. The summed E-state index contributed by atoms with van der Waals surface area (Å²) in [5, 5.41) is 3.19. The van der Waals surface area contributed by atoms with Crippen LogP contribution in [0.1, 0.15) is 43.1 Å². The number of carbonyl (C=O) groups excluding carboxylic acids is 1. The number of aryl methyl sites for hydroxylation is 1. The van der Waals surface area contributed by atoms with Gasteiger partial charge >= 0.3 is 0 Å². The van der Waals surface area contributed by atoms with Crippen LogP contribution in [0.4, 0.5) is 0 Å². The average Bonchev–Trinajstić information content (AvgIpc) is 3.24. The molecule has 0 aliphatic heterocycles. The van der Waals surface area contributed by atoms with Crippen molar-refractivity contribution < 1.29 is 9.53 Å². The van der Waals surface area contributed by atoms with Crippen LogP contribution in [-0.4, -0.2) is 22.6 Å². The summed E-state index contributed by atoms with van der Waals surface area (Å²) in [6.07, 6.45) is 7.87. The van der Waals surface area contributed by atoms with Crippen molar-refractivity contribution in [2.24, 2.45) is 13.0 Å². The van der Waals surface area contributed by atoms with E-state index < -0.39 is 0 Å². The zero-order chi connectivity index (χ0) is 16.2. The highest BCUT2D eigenvalue weighted by molar-refractivity contribution is 5.79. The van der Waals surface area contributed by atoms with E-state index in [1.165, 1.54) is 0 Å². The molecule has 3 rings (SSSR count). The third-order valence-electron chi connectivity index (χ3n) is 4.58. The molecule has 1 aliphatic carbocycles. The molecule has 122 valence electrons. The van der Waals surface area contributed by atoms with Gasteiger partial charge in [-0.1, -0.05) is 31.0 Å². The summed E-state index contributed by atoms with van der Waals surface area (Å²) >= 11 is 0. The van der Waals surface area contributed by atoms with Crippen molar-refractivity contribution in [3.8, 4) is 5.75 Å². The largest absolute Gasteiger partial charge is 0.496 e. The van der Waals surface area contributed by atoms with Crippen molar-refractivity contribution in [2.75, 3.05) is 7.11 Å². The van der Waals surface area contributed by atoms with Crippen LogP contribution in [-0.2, 0) is 11.8 Å². The van der Waals surface area contributed by atoms with Gasteiger partial charge in [0, 0.05) is 30.9 Å². The fraction of sp³-hybridized carbons (Fsp3) is 0.444. The van der Waals surface area contributed by atoms with Crippen LogP contribution in [0.15, 0.2) is 36.7 Å². The van der Waals surface area contributed by atoms with E-state index in [1.54, 1.807) is 13.3 Å². The maximum Gasteiger partial charge on any atom is 0.223 e. The lowest BCUT2D eigenvalue weighted by Crippen LogP contribution is -2.35. The summed E-state index contributed by atoms with van der Waals surface area (Å²) in [5.41, 5.74) is 0.927. The first-order valence-electron chi connectivity index (χ1n) is 8.11. The van der Waals surface area contributed by atoms with Crippen molar-refractivity contribution in [1.82, 2.24) is 14.9 Å². The van der Waals surface area contributed by atoms with E-state index in [1.807, 2.05) is 42.1 Å². The number of ether oxygens (including phenoxy) is 1. The summed E-state index contributed by atoms with van der Waals surface area (Å²) in [5.74, 6) is 1.79. The average molecular weight is 313 g/mol. The molecule has 1 amide bonds. The van der Waals surface area contributed by atoms with Crippen LogP contribution in [0, 0.1) is 5.92 Å². The predicted molar refractivity (Wildman–Crippen MR) is 88.1 cm³/mol. The van der Waals surface area contributed by atoms with E-state index in [-0.39, 0.29) is 17.9 Å². The van der Waals surface area contributed by atoms with E-state index >= 15 is 0 Å². The van der Waals surface area contributed by atoms with Gasteiger partial charge < -0.3 is 14.6 Å². The smallest absolute Gasteiger partial charge is 0.223 e. The quantitative estimate of drug-likeness (QED) is 0.923. The Hall–Kier alpha value is -2.30. The summed E-state index contributed by atoms with van der Waals surface area (Å²) in [4.78, 5) is 17.1. The molecule has 0 saturated heterocycles. The van der Waals surface area contributed by atoms with Gasteiger partial charge in [-0.25, -0.2) is 4.98 Å². The molecule has 0 spiro atoms. The van der Waals surface area contributed by atoms with Crippen LogP contribution in [0.3, 0.4) is 0 Å². The van der Waals surface area contributed by atoms with E-state index in [0.29, 0.717) is 0 Å². The molecule has 1 N–H and O–H groups in total. The molecule has 1 unspecified atom stereocenters. The van der Waals surface area contributed by atoms with Gasteiger partial charge in [0.2, 0.25) is 5.91 Å². The minimum absolute atomic E-state index is 0.112. The van der Waals surface area contributed by atoms with Crippen molar-refractivity contribution in [2.45, 2.75) is 31.7 Å². The fourth-order valence-corrected chi connectivity index (χ4v) is 3.29. The minimum Gasteiger partial charge on any atom is -0.496 e. The fourth-order valence-electron chi connectivity index (χ4n) is 3.29. The molecular formula is C18H23N3O2. The number of carbonyl (C=O) groups is 1. The van der Waals surface area contributed by atoms with Gasteiger partial charge in [0.05, 0.1) is 7.11 Å². The molecule has 1 atom stereocenters. The molecule has 23 heavy (non-hydrogen) atoms. The number of para-hydroxylation sites is 1. The van der Waals surface area contributed by atoms with Crippen molar-refractivity contribution >= 4 is 5.91 Å². The lowest BCUT2D eigenvalue weighted by atomic mass is 10.0. The molecule has 0 bridgehead atoms. The maximum absolute atomic E-state index is 12.6. The van der Waals surface area contributed by atoms with Crippen LogP contribution >= 0.6 is 0 Å². The van der Waals surface area contributed by atoms with Gasteiger partial charge in [-0.2, -0.15) is 0 Å². The van der Waals surface area contributed by atoms with Crippen molar-refractivity contribution in [1.29, 1.82) is 0 Å². The van der Waals surface area contributed by atoms with Crippen LogP contribution in [0.2, 0.25) is 0 Å². The predicted octanol–water partition coefficient (Wildman–Crippen LogP) is 2.82. The Morgan fingerprint density at radius 3 is 2.74 bits per heavy atom. The number of rotatable bonds is 5. The van der Waals surface area contributed by atoms with Crippen LogP contribution in [0.25, 0.3) is 0 Å². The Morgan fingerprint density at radius 2 is 2.09 bits per heavy atom. The second-order valence-corrected chi connectivity index (χ2v) is 6.06. The maximum atomic E-state index is 12.6. The summed E-state index contributed by atoms with van der Waals surface area (Å²) < 4.78 is 7.42. The molecule has 2 aromatic rings. The number of nitrogens with one attached hydrogen (secondary N) is 1. The number of imidazole rings is 1. The van der Waals surface area contributed by atoms with E-state index in [0.717, 1.165) is 42.8 Å². The third kappa shape index (κ3) is 3.23. The Kier molecular flexibility index (Phi) is 4.65. The van der Waals surface area contributed by atoms with Crippen molar-refractivity contribution in [3.63, 3.8) is 0 Å². The minimum atomic E-state index is -0.306. The lowest BCUT2D eigenvalue weighted by Gasteiger charge is -2.22. The molecule has 1 aliphatic rings. The first-order valence-corrected chi connectivity index (χ1v) is 8.11. The molecule has 1 aromatic heterocycles. The summed E-state index contributed by atoms with van der Waals surface area (Å²) in [6, 6.07) is 7.46. The molecule has 5 nitrogen and oxygen atoms in total. The molecule has 1 fully saturated rings. The van der Waals surface area contributed by atoms with E-state index in [2.05, 4.69) is 10.3 Å².